The molecule has 1 saturated heterocycles. The quantitative estimate of drug-likeness (QED) is 0.722. The summed E-state index contributed by atoms with van der Waals surface area (Å²) in [5, 5.41) is 3.46. The molecule has 1 aromatic rings. The van der Waals surface area contributed by atoms with Crippen molar-refractivity contribution in [1.29, 1.82) is 0 Å². The fraction of sp³-hybridized carbons (Fsp3) is 0.529. The highest BCUT2D eigenvalue weighted by atomic mass is 79.9. The summed E-state index contributed by atoms with van der Waals surface area (Å²) in [4.78, 5) is 25.1. The molecule has 0 spiro atoms. The molecule has 7 heteroatoms. The number of carbonyl (C=O) groups excluding carboxylic acids is 2. The van der Waals surface area contributed by atoms with Crippen molar-refractivity contribution in [3.8, 4) is 5.75 Å². The number of rotatable bonds is 6. The van der Waals surface area contributed by atoms with E-state index >= 15 is 0 Å². The van der Waals surface area contributed by atoms with Crippen molar-refractivity contribution in [1.82, 2.24) is 10.2 Å². The molecule has 1 aliphatic heterocycles. The average Bonchev–Trinajstić information content (AvgIpc) is 2.53. The molecule has 2 rings (SSSR count). The molecule has 0 aliphatic carbocycles. The van der Waals surface area contributed by atoms with Gasteiger partial charge in [-0.2, -0.15) is 0 Å². The summed E-state index contributed by atoms with van der Waals surface area (Å²) in [6.45, 7) is 3.37. The van der Waals surface area contributed by atoms with Gasteiger partial charge < -0.3 is 15.0 Å². The first-order valence-corrected chi connectivity index (χ1v) is 9.25. The smallest absolute Gasteiger partial charge is 0.222 e. The van der Waals surface area contributed by atoms with E-state index in [9.17, 15) is 9.59 Å². The number of hydrogen-bond donors (Lipinski definition) is 1. The zero-order valence-electron chi connectivity index (χ0n) is 13.7. The van der Waals surface area contributed by atoms with Crippen molar-refractivity contribution in [2.45, 2.75) is 38.6 Å². The molecule has 0 radical (unpaired) electrons. The molecule has 1 aliphatic rings. The maximum absolute atomic E-state index is 12.2. The third kappa shape index (κ3) is 5.98. The van der Waals surface area contributed by atoms with Crippen LogP contribution in [0.4, 0.5) is 0 Å². The first kappa shape index (κ1) is 19.1. The molecular weight excluding hydrogens is 396 g/mol. The molecule has 0 bridgehead atoms. The lowest BCUT2D eigenvalue weighted by Crippen LogP contribution is -2.46. The standard InChI is InChI=1S/C17H22BrClN2O3/c1-12(22)20-14-6-8-21(9-7-14)17(23)3-2-10-24-16-5-4-13(18)11-15(16)19/h4-5,11,14H,2-3,6-10H2,1H3,(H,20,22). The Hall–Kier alpha value is -1.27. The minimum Gasteiger partial charge on any atom is -0.492 e. The van der Waals surface area contributed by atoms with Gasteiger partial charge in [-0.1, -0.05) is 27.5 Å². The van der Waals surface area contributed by atoms with Gasteiger partial charge in [0.15, 0.2) is 0 Å². The maximum atomic E-state index is 12.2. The largest absolute Gasteiger partial charge is 0.492 e. The van der Waals surface area contributed by atoms with Crippen LogP contribution in [0.3, 0.4) is 0 Å². The van der Waals surface area contributed by atoms with Crippen LogP contribution in [0.15, 0.2) is 22.7 Å². The van der Waals surface area contributed by atoms with Crippen molar-refractivity contribution in [2.24, 2.45) is 0 Å². The molecule has 1 aromatic carbocycles. The molecule has 1 heterocycles. The minimum absolute atomic E-state index is 0.0106. The topological polar surface area (TPSA) is 58.6 Å². The SMILES string of the molecule is CC(=O)NC1CCN(C(=O)CCCOc2ccc(Br)cc2Cl)CC1. The van der Waals surface area contributed by atoms with Crippen LogP contribution in [0.2, 0.25) is 5.02 Å². The number of likely N-dealkylation sites (tertiary alicyclic amines) is 1. The van der Waals surface area contributed by atoms with Gasteiger partial charge >= 0.3 is 0 Å². The Morgan fingerprint density at radius 3 is 2.71 bits per heavy atom. The molecule has 132 valence electrons. The van der Waals surface area contributed by atoms with E-state index in [4.69, 9.17) is 16.3 Å². The fourth-order valence-electron chi connectivity index (χ4n) is 2.72. The molecule has 0 aromatic heterocycles. The van der Waals surface area contributed by atoms with Crippen molar-refractivity contribution in [3.05, 3.63) is 27.7 Å². The van der Waals surface area contributed by atoms with E-state index in [2.05, 4.69) is 21.2 Å². The van der Waals surface area contributed by atoms with Crippen molar-refractivity contribution >= 4 is 39.3 Å². The third-order valence-corrected chi connectivity index (χ3v) is 4.73. The first-order valence-electron chi connectivity index (χ1n) is 8.08. The van der Waals surface area contributed by atoms with Crippen molar-refractivity contribution < 1.29 is 14.3 Å². The monoisotopic (exact) mass is 416 g/mol. The predicted octanol–water partition coefficient (Wildman–Crippen LogP) is 3.39. The third-order valence-electron chi connectivity index (χ3n) is 3.94. The Morgan fingerprint density at radius 1 is 1.38 bits per heavy atom. The Labute approximate surface area is 155 Å². The van der Waals surface area contributed by atoms with Crippen molar-refractivity contribution in [2.75, 3.05) is 19.7 Å². The van der Waals surface area contributed by atoms with Gasteiger partial charge in [-0.25, -0.2) is 0 Å². The van der Waals surface area contributed by atoms with Gasteiger partial charge in [0.05, 0.1) is 11.6 Å². The highest BCUT2D eigenvalue weighted by Gasteiger charge is 2.22. The molecule has 1 fully saturated rings. The molecule has 2 amide bonds. The number of benzene rings is 1. The van der Waals surface area contributed by atoms with Crippen LogP contribution in [-0.4, -0.2) is 42.5 Å². The zero-order valence-corrected chi connectivity index (χ0v) is 16.0. The van der Waals surface area contributed by atoms with E-state index in [0.717, 1.165) is 17.3 Å². The lowest BCUT2D eigenvalue weighted by atomic mass is 10.0. The molecule has 5 nitrogen and oxygen atoms in total. The van der Waals surface area contributed by atoms with Gasteiger partial charge in [0, 0.05) is 36.9 Å². The number of hydrogen-bond acceptors (Lipinski definition) is 3. The number of ether oxygens (including phenoxy) is 1. The van der Waals surface area contributed by atoms with Crippen LogP contribution >= 0.6 is 27.5 Å². The van der Waals surface area contributed by atoms with Crippen molar-refractivity contribution in [3.63, 3.8) is 0 Å². The Balaban J connectivity index is 1.66. The van der Waals surface area contributed by atoms with Gasteiger partial charge in [-0.05, 0) is 37.5 Å². The van der Waals surface area contributed by atoms with Crippen LogP contribution in [0.5, 0.6) is 5.75 Å². The van der Waals surface area contributed by atoms with Gasteiger partial charge in [-0.15, -0.1) is 0 Å². The zero-order chi connectivity index (χ0) is 17.5. The van der Waals surface area contributed by atoms with Crippen LogP contribution in [0, 0.1) is 0 Å². The van der Waals surface area contributed by atoms with Crippen LogP contribution in [0.25, 0.3) is 0 Å². The van der Waals surface area contributed by atoms with Gasteiger partial charge in [0.25, 0.3) is 0 Å². The maximum Gasteiger partial charge on any atom is 0.222 e. The van der Waals surface area contributed by atoms with E-state index < -0.39 is 0 Å². The second kappa shape index (κ2) is 9.28. The molecular formula is C17H22BrClN2O3. The Morgan fingerprint density at radius 2 is 2.08 bits per heavy atom. The predicted molar refractivity (Wildman–Crippen MR) is 97.3 cm³/mol. The Bertz CT molecular complexity index is 589. The highest BCUT2D eigenvalue weighted by molar-refractivity contribution is 9.10. The van der Waals surface area contributed by atoms with E-state index in [1.807, 2.05) is 11.0 Å². The Kier molecular flexibility index (Phi) is 7.37. The molecule has 24 heavy (non-hydrogen) atoms. The number of nitrogens with one attached hydrogen (secondary N) is 1. The van der Waals surface area contributed by atoms with Crippen LogP contribution in [0.1, 0.15) is 32.6 Å². The summed E-state index contributed by atoms with van der Waals surface area (Å²) in [6.07, 6.45) is 2.74. The second-order valence-corrected chi connectivity index (χ2v) is 7.21. The lowest BCUT2D eigenvalue weighted by Gasteiger charge is -2.32. The summed E-state index contributed by atoms with van der Waals surface area (Å²) < 4.78 is 6.52. The van der Waals surface area contributed by atoms with E-state index in [0.29, 0.717) is 43.3 Å². The van der Waals surface area contributed by atoms with Gasteiger partial charge in [0.2, 0.25) is 11.8 Å². The van der Waals surface area contributed by atoms with E-state index in [1.165, 1.54) is 6.92 Å². The van der Waals surface area contributed by atoms with Gasteiger partial charge in [-0.3, -0.25) is 9.59 Å². The van der Waals surface area contributed by atoms with Gasteiger partial charge in [0.1, 0.15) is 5.75 Å². The fourth-order valence-corrected chi connectivity index (χ4v) is 3.44. The summed E-state index contributed by atoms with van der Waals surface area (Å²) in [6, 6.07) is 5.64. The molecule has 0 unspecified atom stereocenters. The van der Waals surface area contributed by atoms with Crippen LogP contribution in [-0.2, 0) is 9.59 Å². The highest BCUT2D eigenvalue weighted by Crippen LogP contribution is 2.27. The van der Waals surface area contributed by atoms with Crippen LogP contribution < -0.4 is 10.1 Å². The minimum atomic E-state index is -0.0106. The lowest BCUT2D eigenvalue weighted by molar-refractivity contribution is -0.132. The molecule has 1 N–H and O–H groups in total. The first-order chi connectivity index (χ1) is 11.5. The summed E-state index contributed by atoms with van der Waals surface area (Å²) in [7, 11) is 0. The second-order valence-electron chi connectivity index (χ2n) is 5.88. The summed E-state index contributed by atoms with van der Waals surface area (Å²) in [5.41, 5.74) is 0. The summed E-state index contributed by atoms with van der Waals surface area (Å²) >= 11 is 9.43. The number of carbonyl (C=O) groups is 2. The summed E-state index contributed by atoms with van der Waals surface area (Å²) in [5.74, 6) is 0.758. The molecule has 0 atom stereocenters. The normalized spacial score (nSPS) is 15.2. The molecule has 0 saturated carbocycles. The number of piperidine rings is 1. The van der Waals surface area contributed by atoms with E-state index in [-0.39, 0.29) is 17.9 Å². The number of halogens is 2. The number of nitrogens with zero attached hydrogens (tertiary/aromatic N) is 1. The van der Waals surface area contributed by atoms with E-state index in [1.54, 1.807) is 12.1 Å². The average molecular weight is 418 g/mol. The number of amides is 2.